The molecule has 0 N–H and O–H groups in total. The van der Waals surface area contributed by atoms with Crippen LogP contribution in [0.5, 0.6) is 0 Å². The van der Waals surface area contributed by atoms with Crippen LogP contribution in [0, 0.1) is 20.8 Å². The predicted molar refractivity (Wildman–Crippen MR) is 105 cm³/mol. The Balaban J connectivity index is 1.79. The number of rotatable bonds is 4. The summed E-state index contributed by atoms with van der Waals surface area (Å²) in [7, 11) is 2.08. The first-order valence-corrected chi connectivity index (χ1v) is 10.3. The molecule has 9 nitrogen and oxygen atoms in total. The predicted octanol–water partition coefficient (Wildman–Crippen LogP) is 0.712. The largest absolute Gasteiger partial charge is 0.363 e. The van der Waals surface area contributed by atoms with E-state index in [0.29, 0.717) is 48.4 Å². The van der Waals surface area contributed by atoms with Gasteiger partial charge < -0.3 is 9.80 Å². The zero-order valence-electron chi connectivity index (χ0n) is 16.8. The van der Waals surface area contributed by atoms with Crippen molar-refractivity contribution >= 4 is 21.8 Å². The third-order valence-corrected chi connectivity index (χ3v) is 7.00. The molecule has 0 amide bonds. The maximum absolute atomic E-state index is 13.1. The first kappa shape index (κ1) is 19.6. The molecule has 0 aliphatic carbocycles. The fourth-order valence-electron chi connectivity index (χ4n) is 3.29. The van der Waals surface area contributed by atoms with E-state index in [0.717, 1.165) is 11.5 Å². The monoisotopic (exact) mass is 393 g/mol. The van der Waals surface area contributed by atoms with Gasteiger partial charge in [0.25, 0.3) is 0 Å². The van der Waals surface area contributed by atoms with Crippen molar-refractivity contribution in [3.8, 4) is 0 Å². The summed E-state index contributed by atoms with van der Waals surface area (Å²) >= 11 is 0. The minimum Gasteiger partial charge on any atom is -0.363 e. The molecular formula is C17H27N7O2S. The summed E-state index contributed by atoms with van der Waals surface area (Å²) in [5.41, 5.74) is 2.09. The fourth-order valence-corrected chi connectivity index (χ4v) is 5.11. The van der Waals surface area contributed by atoms with Gasteiger partial charge in [0, 0.05) is 59.1 Å². The Morgan fingerprint density at radius 2 is 1.67 bits per heavy atom. The molecule has 1 saturated heterocycles. The van der Waals surface area contributed by atoms with Gasteiger partial charge in [0.2, 0.25) is 16.0 Å². The van der Waals surface area contributed by atoms with Gasteiger partial charge in [-0.3, -0.25) is 4.68 Å². The van der Waals surface area contributed by atoms with E-state index in [1.165, 1.54) is 4.31 Å². The molecule has 0 aromatic carbocycles. The van der Waals surface area contributed by atoms with Crippen LogP contribution in [0.25, 0.3) is 0 Å². The van der Waals surface area contributed by atoms with Crippen LogP contribution in [0.4, 0.5) is 11.8 Å². The number of aromatic nitrogens is 4. The van der Waals surface area contributed by atoms with E-state index in [-0.39, 0.29) is 0 Å². The van der Waals surface area contributed by atoms with Crippen molar-refractivity contribution in [3.05, 3.63) is 23.1 Å². The lowest BCUT2D eigenvalue weighted by Crippen LogP contribution is -2.49. The molecule has 0 saturated carbocycles. The van der Waals surface area contributed by atoms with Gasteiger partial charge in [0.15, 0.2) is 0 Å². The van der Waals surface area contributed by atoms with Crippen molar-refractivity contribution in [1.82, 2.24) is 24.1 Å². The molecule has 3 rings (SSSR count). The highest BCUT2D eigenvalue weighted by atomic mass is 32.2. The van der Waals surface area contributed by atoms with Crippen molar-refractivity contribution in [2.24, 2.45) is 7.05 Å². The smallest absolute Gasteiger partial charge is 0.246 e. The lowest BCUT2D eigenvalue weighted by atomic mass is 10.3. The van der Waals surface area contributed by atoms with Crippen LogP contribution in [-0.2, 0) is 17.1 Å². The molecule has 0 bridgehead atoms. The van der Waals surface area contributed by atoms with Crippen LogP contribution in [0.1, 0.15) is 17.1 Å². The molecule has 1 aliphatic rings. The molecule has 0 spiro atoms. The molecular weight excluding hydrogens is 366 g/mol. The average molecular weight is 394 g/mol. The first-order valence-electron chi connectivity index (χ1n) is 8.89. The molecule has 0 atom stereocenters. The van der Waals surface area contributed by atoms with Gasteiger partial charge in [0.1, 0.15) is 10.7 Å². The number of nitrogens with zero attached hydrogens (tertiary/aromatic N) is 7. The van der Waals surface area contributed by atoms with E-state index in [4.69, 9.17) is 0 Å². The van der Waals surface area contributed by atoms with Gasteiger partial charge >= 0.3 is 0 Å². The Morgan fingerprint density at radius 3 is 2.19 bits per heavy atom. The molecule has 1 aliphatic heterocycles. The summed E-state index contributed by atoms with van der Waals surface area (Å²) in [6, 6.07) is 1.93. The van der Waals surface area contributed by atoms with Gasteiger partial charge in [-0.1, -0.05) is 0 Å². The zero-order valence-corrected chi connectivity index (χ0v) is 17.6. The summed E-state index contributed by atoms with van der Waals surface area (Å²) < 4.78 is 29.3. The Bertz CT molecular complexity index is 944. The van der Waals surface area contributed by atoms with Gasteiger partial charge in [0.05, 0.1) is 11.4 Å². The third kappa shape index (κ3) is 3.63. The van der Waals surface area contributed by atoms with E-state index < -0.39 is 10.0 Å². The normalized spacial score (nSPS) is 16.0. The van der Waals surface area contributed by atoms with Crippen molar-refractivity contribution < 1.29 is 8.42 Å². The fraction of sp³-hybridized carbons (Fsp3) is 0.588. The SMILES string of the molecule is Cc1cc(N(C)C)nc(N2CCN(S(=O)(=O)c3c(C)nn(C)c3C)CC2)n1. The minimum atomic E-state index is -3.56. The second kappa shape index (κ2) is 7.08. The molecule has 1 fully saturated rings. The van der Waals surface area contributed by atoms with E-state index in [1.807, 2.05) is 36.9 Å². The molecule has 10 heteroatoms. The quantitative estimate of drug-likeness (QED) is 0.756. The summed E-state index contributed by atoms with van der Waals surface area (Å²) in [6.07, 6.45) is 0. The van der Waals surface area contributed by atoms with Gasteiger partial charge in [-0.25, -0.2) is 13.4 Å². The third-order valence-electron chi connectivity index (χ3n) is 4.85. The van der Waals surface area contributed by atoms with Crippen LogP contribution in [0.2, 0.25) is 0 Å². The minimum absolute atomic E-state index is 0.320. The van der Waals surface area contributed by atoms with Crippen molar-refractivity contribution in [3.63, 3.8) is 0 Å². The molecule has 148 valence electrons. The first-order chi connectivity index (χ1) is 12.6. The van der Waals surface area contributed by atoms with Crippen molar-refractivity contribution in [2.75, 3.05) is 50.1 Å². The maximum atomic E-state index is 13.1. The summed E-state index contributed by atoms with van der Waals surface area (Å²) in [4.78, 5) is 13.4. The van der Waals surface area contributed by atoms with Crippen molar-refractivity contribution in [2.45, 2.75) is 25.7 Å². The van der Waals surface area contributed by atoms with Crippen LogP contribution in [0.15, 0.2) is 11.0 Å². The highest BCUT2D eigenvalue weighted by Gasteiger charge is 2.33. The van der Waals surface area contributed by atoms with E-state index in [2.05, 4.69) is 15.1 Å². The maximum Gasteiger partial charge on any atom is 0.246 e. The van der Waals surface area contributed by atoms with Crippen LogP contribution in [0.3, 0.4) is 0 Å². The Morgan fingerprint density at radius 1 is 1.04 bits per heavy atom. The number of hydrogen-bond acceptors (Lipinski definition) is 7. The van der Waals surface area contributed by atoms with Crippen LogP contribution < -0.4 is 9.80 Å². The Hall–Kier alpha value is -2.20. The molecule has 3 heterocycles. The molecule has 2 aromatic heterocycles. The lowest BCUT2D eigenvalue weighted by Gasteiger charge is -2.34. The van der Waals surface area contributed by atoms with Crippen LogP contribution in [-0.4, -0.2) is 72.7 Å². The average Bonchev–Trinajstić information content (AvgIpc) is 2.87. The summed E-state index contributed by atoms with van der Waals surface area (Å²) in [5.74, 6) is 1.48. The number of sulfonamides is 1. The van der Waals surface area contributed by atoms with E-state index in [1.54, 1.807) is 25.6 Å². The number of hydrogen-bond donors (Lipinski definition) is 0. The topological polar surface area (TPSA) is 87.5 Å². The summed E-state index contributed by atoms with van der Waals surface area (Å²) in [6.45, 7) is 7.34. The Kier molecular flexibility index (Phi) is 5.13. The van der Waals surface area contributed by atoms with Crippen molar-refractivity contribution in [1.29, 1.82) is 0 Å². The zero-order chi connectivity index (χ0) is 19.9. The van der Waals surface area contributed by atoms with E-state index in [9.17, 15) is 8.42 Å². The van der Waals surface area contributed by atoms with Gasteiger partial charge in [-0.15, -0.1) is 0 Å². The highest BCUT2D eigenvalue weighted by Crippen LogP contribution is 2.25. The highest BCUT2D eigenvalue weighted by molar-refractivity contribution is 7.89. The lowest BCUT2D eigenvalue weighted by molar-refractivity contribution is 0.382. The number of aryl methyl sites for hydroxylation is 3. The number of anilines is 2. The summed E-state index contributed by atoms with van der Waals surface area (Å²) in [5, 5.41) is 4.25. The Labute approximate surface area is 160 Å². The van der Waals surface area contributed by atoms with Gasteiger partial charge in [-0.2, -0.15) is 14.4 Å². The van der Waals surface area contributed by atoms with Gasteiger partial charge in [-0.05, 0) is 20.8 Å². The molecule has 27 heavy (non-hydrogen) atoms. The molecule has 2 aromatic rings. The number of piperazine rings is 1. The molecule has 0 unspecified atom stereocenters. The standard InChI is InChI=1S/C17H27N7O2S/c1-12-11-15(21(4)5)19-17(18-12)23-7-9-24(10-8-23)27(25,26)16-13(2)20-22(6)14(16)3/h11H,7-10H2,1-6H3. The van der Waals surface area contributed by atoms with E-state index >= 15 is 0 Å². The van der Waals surface area contributed by atoms with Crippen LogP contribution >= 0.6 is 0 Å². The second-order valence-corrected chi connectivity index (χ2v) is 8.95. The molecule has 0 radical (unpaired) electrons. The second-order valence-electron chi connectivity index (χ2n) is 7.08.